The largest absolute Gasteiger partial charge is 0.469 e. The minimum Gasteiger partial charge on any atom is -0.469 e. The minimum absolute atomic E-state index is 0.189. The smallest absolute Gasteiger partial charge is 0.307 e. The lowest BCUT2D eigenvalue weighted by Gasteiger charge is -2.32. The summed E-state index contributed by atoms with van der Waals surface area (Å²) in [6.45, 7) is 9.23. The molecule has 0 aromatic heterocycles. The first kappa shape index (κ1) is 15.7. The molecule has 19 heavy (non-hydrogen) atoms. The van der Waals surface area contributed by atoms with E-state index < -0.39 is 0 Å². The number of esters is 1. The van der Waals surface area contributed by atoms with Crippen molar-refractivity contribution in [1.29, 1.82) is 0 Å². The van der Waals surface area contributed by atoms with Crippen LogP contribution in [-0.4, -0.2) is 19.6 Å². The molecule has 0 aliphatic heterocycles. The zero-order valence-electron chi connectivity index (χ0n) is 12.7. The third kappa shape index (κ3) is 4.06. The van der Waals surface area contributed by atoms with E-state index in [9.17, 15) is 4.79 Å². The fourth-order valence-electron chi connectivity index (χ4n) is 2.45. The molecule has 1 atom stereocenters. The maximum atomic E-state index is 11.7. The molecule has 0 aliphatic rings. The molecule has 0 radical (unpaired) electrons. The fourth-order valence-corrected chi connectivity index (χ4v) is 2.45. The first-order valence-corrected chi connectivity index (χ1v) is 6.82. The van der Waals surface area contributed by atoms with Crippen molar-refractivity contribution < 1.29 is 9.53 Å². The highest BCUT2D eigenvalue weighted by Gasteiger charge is 2.30. The Morgan fingerprint density at radius 1 is 1.37 bits per heavy atom. The van der Waals surface area contributed by atoms with Gasteiger partial charge in [-0.25, -0.2) is 0 Å². The average molecular weight is 263 g/mol. The van der Waals surface area contributed by atoms with Gasteiger partial charge in [0.25, 0.3) is 0 Å². The third-order valence-corrected chi connectivity index (χ3v) is 3.47. The Morgan fingerprint density at radius 3 is 2.58 bits per heavy atom. The maximum absolute atomic E-state index is 11.7. The monoisotopic (exact) mass is 263 g/mol. The van der Waals surface area contributed by atoms with Gasteiger partial charge in [-0.15, -0.1) is 0 Å². The predicted octanol–water partition coefficient (Wildman–Crippen LogP) is 3.08. The average Bonchev–Trinajstić information content (AvgIpc) is 2.36. The molecule has 3 heteroatoms. The SMILES string of the molecule is CCCNC(C)(CC(=O)OC)c1ccc(C)cc1C. The van der Waals surface area contributed by atoms with Crippen LogP contribution in [0.1, 0.15) is 43.4 Å². The van der Waals surface area contributed by atoms with Crippen LogP contribution in [0, 0.1) is 13.8 Å². The molecule has 0 saturated carbocycles. The van der Waals surface area contributed by atoms with Gasteiger partial charge in [0.2, 0.25) is 0 Å². The number of rotatable bonds is 6. The highest BCUT2D eigenvalue weighted by atomic mass is 16.5. The second-order valence-corrected chi connectivity index (χ2v) is 5.33. The van der Waals surface area contributed by atoms with Crippen molar-refractivity contribution in [3.05, 3.63) is 34.9 Å². The molecule has 1 unspecified atom stereocenters. The molecule has 3 nitrogen and oxygen atoms in total. The van der Waals surface area contributed by atoms with Crippen molar-refractivity contribution in [2.45, 2.75) is 46.1 Å². The molecule has 0 amide bonds. The van der Waals surface area contributed by atoms with E-state index in [1.165, 1.54) is 18.2 Å². The van der Waals surface area contributed by atoms with Crippen molar-refractivity contribution in [2.75, 3.05) is 13.7 Å². The molecule has 1 N–H and O–H groups in total. The normalized spacial score (nSPS) is 13.9. The number of nitrogens with one attached hydrogen (secondary N) is 1. The van der Waals surface area contributed by atoms with E-state index in [1.54, 1.807) is 0 Å². The number of aryl methyl sites for hydroxylation is 2. The summed E-state index contributed by atoms with van der Waals surface area (Å²) in [5, 5.41) is 3.49. The minimum atomic E-state index is -0.374. The summed E-state index contributed by atoms with van der Waals surface area (Å²) < 4.78 is 4.83. The Bertz CT molecular complexity index is 442. The van der Waals surface area contributed by atoms with E-state index in [0.29, 0.717) is 6.42 Å². The highest BCUT2D eigenvalue weighted by Crippen LogP contribution is 2.28. The zero-order valence-corrected chi connectivity index (χ0v) is 12.7. The van der Waals surface area contributed by atoms with E-state index in [4.69, 9.17) is 4.74 Å². The van der Waals surface area contributed by atoms with Crippen LogP contribution in [0.5, 0.6) is 0 Å². The standard InChI is InChI=1S/C16H25NO2/c1-6-9-17-16(4,11-15(18)19-5)14-8-7-12(2)10-13(14)3/h7-8,10,17H,6,9,11H2,1-5H3. The Kier molecular flexibility index (Phi) is 5.55. The lowest BCUT2D eigenvalue weighted by atomic mass is 9.85. The summed E-state index contributed by atoms with van der Waals surface area (Å²) in [5.74, 6) is -0.189. The number of hydrogen-bond acceptors (Lipinski definition) is 3. The van der Waals surface area contributed by atoms with Crippen molar-refractivity contribution in [3.8, 4) is 0 Å². The maximum Gasteiger partial charge on any atom is 0.307 e. The van der Waals surface area contributed by atoms with Gasteiger partial charge in [0.15, 0.2) is 0 Å². The Balaban J connectivity index is 3.10. The quantitative estimate of drug-likeness (QED) is 0.802. The lowest BCUT2D eigenvalue weighted by Crippen LogP contribution is -2.42. The van der Waals surface area contributed by atoms with E-state index in [2.05, 4.69) is 51.2 Å². The number of carbonyl (C=O) groups excluding carboxylic acids is 1. The van der Waals surface area contributed by atoms with Gasteiger partial charge in [-0.3, -0.25) is 4.79 Å². The van der Waals surface area contributed by atoms with Gasteiger partial charge in [-0.05, 0) is 44.9 Å². The molecule has 0 heterocycles. The van der Waals surface area contributed by atoms with Gasteiger partial charge in [0, 0.05) is 0 Å². The Hall–Kier alpha value is -1.35. The van der Waals surface area contributed by atoms with Gasteiger partial charge in [0.1, 0.15) is 0 Å². The van der Waals surface area contributed by atoms with E-state index in [0.717, 1.165) is 18.5 Å². The van der Waals surface area contributed by atoms with E-state index >= 15 is 0 Å². The van der Waals surface area contributed by atoms with Gasteiger partial charge in [0.05, 0.1) is 19.1 Å². The van der Waals surface area contributed by atoms with Crippen molar-refractivity contribution in [3.63, 3.8) is 0 Å². The van der Waals surface area contributed by atoms with Gasteiger partial charge in [-0.1, -0.05) is 30.7 Å². The van der Waals surface area contributed by atoms with Crippen LogP contribution in [0.25, 0.3) is 0 Å². The number of ether oxygens (including phenoxy) is 1. The van der Waals surface area contributed by atoms with Gasteiger partial charge >= 0.3 is 5.97 Å². The van der Waals surface area contributed by atoms with Gasteiger partial charge < -0.3 is 10.1 Å². The first-order valence-electron chi connectivity index (χ1n) is 6.82. The highest BCUT2D eigenvalue weighted by molar-refractivity contribution is 5.71. The van der Waals surface area contributed by atoms with E-state index in [-0.39, 0.29) is 11.5 Å². The number of benzene rings is 1. The van der Waals surface area contributed by atoms with Gasteiger partial charge in [-0.2, -0.15) is 0 Å². The molecule has 0 spiro atoms. The molecular weight excluding hydrogens is 238 g/mol. The van der Waals surface area contributed by atoms with Crippen LogP contribution in [0.3, 0.4) is 0 Å². The molecule has 0 saturated heterocycles. The van der Waals surface area contributed by atoms with Crippen LogP contribution in [-0.2, 0) is 15.1 Å². The second-order valence-electron chi connectivity index (χ2n) is 5.33. The van der Waals surface area contributed by atoms with Crippen LogP contribution < -0.4 is 5.32 Å². The van der Waals surface area contributed by atoms with Crippen LogP contribution in [0.15, 0.2) is 18.2 Å². The topological polar surface area (TPSA) is 38.3 Å². The molecule has 0 aliphatic carbocycles. The molecule has 0 bridgehead atoms. The lowest BCUT2D eigenvalue weighted by molar-refractivity contribution is -0.142. The summed E-state index contributed by atoms with van der Waals surface area (Å²) in [6, 6.07) is 6.35. The number of methoxy groups -OCH3 is 1. The van der Waals surface area contributed by atoms with Crippen molar-refractivity contribution in [1.82, 2.24) is 5.32 Å². The molecule has 1 rings (SSSR count). The molecular formula is C16H25NO2. The Labute approximate surface area is 116 Å². The predicted molar refractivity (Wildman–Crippen MR) is 78.2 cm³/mol. The molecule has 1 aromatic carbocycles. The summed E-state index contributed by atoms with van der Waals surface area (Å²) in [4.78, 5) is 11.7. The number of carbonyl (C=O) groups is 1. The summed E-state index contributed by atoms with van der Waals surface area (Å²) in [6.07, 6.45) is 1.37. The first-order chi connectivity index (χ1) is 8.92. The van der Waals surface area contributed by atoms with Crippen LogP contribution >= 0.6 is 0 Å². The molecule has 0 fully saturated rings. The van der Waals surface area contributed by atoms with Crippen molar-refractivity contribution >= 4 is 5.97 Å². The summed E-state index contributed by atoms with van der Waals surface area (Å²) in [5.41, 5.74) is 3.23. The van der Waals surface area contributed by atoms with Crippen molar-refractivity contribution in [2.24, 2.45) is 0 Å². The van der Waals surface area contributed by atoms with Crippen LogP contribution in [0.4, 0.5) is 0 Å². The summed E-state index contributed by atoms with van der Waals surface area (Å²) in [7, 11) is 1.44. The molecule has 1 aromatic rings. The Morgan fingerprint density at radius 2 is 2.05 bits per heavy atom. The fraction of sp³-hybridized carbons (Fsp3) is 0.562. The molecule has 106 valence electrons. The third-order valence-electron chi connectivity index (χ3n) is 3.47. The van der Waals surface area contributed by atoms with Crippen LogP contribution in [0.2, 0.25) is 0 Å². The van der Waals surface area contributed by atoms with E-state index in [1.807, 2.05) is 0 Å². The second kappa shape index (κ2) is 6.71. The number of hydrogen-bond donors (Lipinski definition) is 1. The zero-order chi connectivity index (χ0) is 14.5. The summed E-state index contributed by atoms with van der Waals surface area (Å²) >= 11 is 0.